The first-order valence-corrected chi connectivity index (χ1v) is 8.61. The third kappa shape index (κ3) is 4.60. The van der Waals surface area contributed by atoms with Gasteiger partial charge < -0.3 is 15.2 Å². The number of benzene rings is 1. The Morgan fingerprint density at radius 3 is 2.73 bits per heavy atom. The third-order valence-electron chi connectivity index (χ3n) is 3.64. The highest BCUT2D eigenvalue weighted by atomic mass is 35.5. The second-order valence-corrected chi connectivity index (χ2v) is 5.95. The van der Waals surface area contributed by atoms with E-state index in [-0.39, 0.29) is 0 Å². The molecule has 0 aliphatic carbocycles. The number of rotatable bonds is 6. The number of aromatic nitrogens is 4. The first-order valence-electron chi connectivity index (χ1n) is 8.23. The molecular formula is C17H20ClN7O. The minimum Gasteiger partial charge on any atom is -0.357 e. The molecule has 2 heterocycles. The lowest BCUT2D eigenvalue weighted by Gasteiger charge is -2.09. The Morgan fingerprint density at radius 2 is 2.04 bits per heavy atom. The van der Waals surface area contributed by atoms with Gasteiger partial charge in [0.25, 0.3) is 0 Å². The van der Waals surface area contributed by atoms with E-state index in [4.69, 9.17) is 16.1 Å². The summed E-state index contributed by atoms with van der Waals surface area (Å²) in [6.45, 7) is 3.65. The Bertz CT molecular complexity index is 869. The predicted octanol–water partition coefficient (Wildman–Crippen LogP) is 2.38. The SMILES string of the molecule is CCNC(=NCc1ccnn1C)NCc1nc(-c2ccc(Cl)cc2)no1. The van der Waals surface area contributed by atoms with Crippen molar-refractivity contribution in [2.75, 3.05) is 6.54 Å². The number of aliphatic imine (C=N–C) groups is 1. The molecule has 1 aromatic carbocycles. The smallest absolute Gasteiger partial charge is 0.246 e. The number of aryl methyl sites for hydroxylation is 1. The molecule has 0 fully saturated rings. The van der Waals surface area contributed by atoms with Gasteiger partial charge in [-0.15, -0.1) is 0 Å². The van der Waals surface area contributed by atoms with E-state index < -0.39 is 0 Å². The van der Waals surface area contributed by atoms with Crippen molar-refractivity contribution in [3.05, 3.63) is 53.1 Å². The molecule has 136 valence electrons. The van der Waals surface area contributed by atoms with Crippen LogP contribution in [0.15, 0.2) is 46.0 Å². The van der Waals surface area contributed by atoms with E-state index in [0.717, 1.165) is 17.8 Å². The summed E-state index contributed by atoms with van der Waals surface area (Å²) < 4.78 is 7.09. The normalized spacial score (nSPS) is 11.6. The average Bonchev–Trinajstić information content (AvgIpc) is 3.27. The summed E-state index contributed by atoms with van der Waals surface area (Å²) in [5, 5.41) is 15.2. The Hall–Kier alpha value is -2.87. The molecule has 0 spiro atoms. The monoisotopic (exact) mass is 373 g/mol. The van der Waals surface area contributed by atoms with Gasteiger partial charge in [-0.2, -0.15) is 10.1 Å². The minimum atomic E-state index is 0.373. The Balaban J connectivity index is 1.62. The zero-order chi connectivity index (χ0) is 18.4. The lowest BCUT2D eigenvalue weighted by molar-refractivity contribution is 0.375. The van der Waals surface area contributed by atoms with Crippen LogP contribution in [0, 0.1) is 0 Å². The molecule has 3 rings (SSSR count). The zero-order valence-electron chi connectivity index (χ0n) is 14.6. The maximum Gasteiger partial charge on any atom is 0.246 e. The van der Waals surface area contributed by atoms with Gasteiger partial charge in [0.2, 0.25) is 11.7 Å². The van der Waals surface area contributed by atoms with Gasteiger partial charge in [-0.1, -0.05) is 16.8 Å². The fourth-order valence-corrected chi connectivity index (χ4v) is 2.39. The average molecular weight is 374 g/mol. The number of guanidine groups is 1. The molecule has 0 saturated heterocycles. The van der Waals surface area contributed by atoms with Crippen LogP contribution < -0.4 is 10.6 Å². The van der Waals surface area contributed by atoms with Crippen LogP contribution >= 0.6 is 11.6 Å². The molecule has 0 saturated carbocycles. The Morgan fingerprint density at radius 1 is 1.23 bits per heavy atom. The van der Waals surface area contributed by atoms with Crippen LogP contribution in [0.3, 0.4) is 0 Å². The van der Waals surface area contributed by atoms with Crippen molar-refractivity contribution in [1.29, 1.82) is 0 Å². The van der Waals surface area contributed by atoms with Crippen molar-refractivity contribution >= 4 is 17.6 Å². The molecule has 0 aliphatic heterocycles. The number of hydrogen-bond donors (Lipinski definition) is 2. The summed E-state index contributed by atoms with van der Waals surface area (Å²) >= 11 is 5.90. The molecule has 2 N–H and O–H groups in total. The maximum absolute atomic E-state index is 5.90. The van der Waals surface area contributed by atoms with Gasteiger partial charge in [0.1, 0.15) is 0 Å². The molecule has 3 aromatic rings. The van der Waals surface area contributed by atoms with Crippen LogP contribution in [0.2, 0.25) is 5.02 Å². The van der Waals surface area contributed by atoms with Crippen molar-refractivity contribution in [1.82, 2.24) is 30.6 Å². The highest BCUT2D eigenvalue weighted by molar-refractivity contribution is 6.30. The van der Waals surface area contributed by atoms with Crippen molar-refractivity contribution in [2.45, 2.75) is 20.0 Å². The molecule has 0 radical (unpaired) electrons. The molecule has 8 nitrogen and oxygen atoms in total. The quantitative estimate of drug-likeness (QED) is 0.509. The highest BCUT2D eigenvalue weighted by Gasteiger charge is 2.09. The van der Waals surface area contributed by atoms with E-state index in [2.05, 4.69) is 30.9 Å². The van der Waals surface area contributed by atoms with E-state index in [1.54, 1.807) is 23.0 Å². The number of nitrogens with one attached hydrogen (secondary N) is 2. The van der Waals surface area contributed by atoms with Crippen molar-refractivity contribution < 1.29 is 4.52 Å². The molecule has 0 atom stereocenters. The van der Waals surface area contributed by atoms with Crippen LogP contribution in [-0.4, -0.2) is 32.4 Å². The van der Waals surface area contributed by atoms with Crippen LogP contribution in [0.5, 0.6) is 0 Å². The fraction of sp³-hybridized carbons (Fsp3) is 0.294. The first-order chi connectivity index (χ1) is 12.7. The van der Waals surface area contributed by atoms with Crippen LogP contribution in [0.1, 0.15) is 18.5 Å². The van der Waals surface area contributed by atoms with Gasteiger partial charge in [0.05, 0.1) is 18.8 Å². The molecule has 26 heavy (non-hydrogen) atoms. The van der Waals surface area contributed by atoms with E-state index in [0.29, 0.717) is 35.8 Å². The van der Waals surface area contributed by atoms with Gasteiger partial charge in [0.15, 0.2) is 5.96 Å². The number of hydrogen-bond acceptors (Lipinski definition) is 5. The third-order valence-corrected chi connectivity index (χ3v) is 3.90. The summed E-state index contributed by atoms with van der Waals surface area (Å²) in [5.74, 6) is 1.66. The lowest BCUT2D eigenvalue weighted by atomic mass is 10.2. The number of nitrogens with zero attached hydrogens (tertiary/aromatic N) is 5. The molecule has 0 aliphatic rings. The summed E-state index contributed by atoms with van der Waals surface area (Å²) in [6, 6.07) is 9.22. The zero-order valence-corrected chi connectivity index (χ0v) is 15.4. The lowest BCUT2D eigenvalue weighted by Crippen LogP contribution is -2.36. The molecule has 2 aromatic heterocycles. The van der Waals surface area contributed by atoms with Gasteiger partial charge in [-0.25, -0.2) is 4.99 Å². The molecule has 0 amide bonds. The van der Waals surface area contributed by atoms with E-state index in [1.165, 1.54) is 0 Å². The standard InChI is InChI=1S/C17H20ClN7O/c1-3-19-17(20-10-14-8-9-22-25(14)2)21-11-15-23-16(24-26-15)12-4-6-13(18)7-5-12/h4-9H,3,10-11H2,1-2H3,(H2,19,20,21). The van der Waals surface area contributed by atoms with Gasteiger partial charge in [-0.3, -0.25) is 4.68 Å². The molecule has 0 unspecified atom stereocenters. The van der Waals surface area contributed by atoms with E-state index in [1.807, 2.05) is 32.2 Å². The highest BCUT2D eigenvalue weighted by Crippen LogP contribution is 2.18. The second kappa shape index (κ2) is 8.48. The summed E-state index contributed by atoms with van der Waals surface area (Å²) in [7, 11) is 1.89. The van der Waals surface area contributed by atoms with Crippen molar-refractivity contribution in [2.24, 2.45) is 12.0 Å². The predicted molar refractivity (Wildman–Crippen MR) is 99.6 cm³/mol. The van der Waals surface area contributed by atoms with Crippen LogP contribution in [-0.2, 0) is 20.1 Å². The largest absolute Gasteiger partial charge is 0.357 e. The van der Waals surface area contributed by atoms with Crippen molar-refractivity contribution in [3.63, 3.8) is 0 Å². The molecule has 9 heteroatoms. The molecule has 0 bridgehead atoms. The first kappa shape index (κ1) is 17.9. The van der Waals surface area contributed by atoms with Gasteiger partial charge in [-0.05, 0) is 37.3 Å². The Labute approximate surface area is 156 Å². The van der Waals surface area contributed by atoms with Crippen molar-refractivity contribution in [3.8, 4) is 11.4 Å². The van der Waals surface area contributed by atoms with Crippen LogP contribution in [0.25, 0.3) is 11.4 Å². The second-order valence-electron chi connectivity index (χ2n) is 5.51. The fourth-order valence-electron chi connectivity index (χ4n) is 2.26. The Kier molecular flexibility index (Phi) is 5.85. The summed E-state index contributed by atoms with van der Waals surface area (Å²) in [4.78, 5) is 8.92. The van der Waals surface area contributed by atoms with Gasteiger partial charge >= 0.3 is 0 Å². The van der Waals surface area contributed by atoms with E-state index >= 15 is 0 Å². The maximum atomic E-state index is 5.90. The number of halogens is 1. The summed E-state index contributed by atoms with van der Waals surface area (Å²) in [5.41, 5.74) is 1.87. The molecular weight excluding hydrogens is 354 g/mol. The van der Waals surface area contributed by atoms with Gasteiger partial charge in [0, 0.05) is 30.4 Å². The topological polar surface area (TPSA) is 93.2 Å². The minimum absolute atomic E-state index is 0.373. The van der Waals surface area contributed by atoms with Crippen LogP contribution in [0.4, 0.5) is 0 Å². The summed E-state index contributed by atoms with van der Waals surface area (Å²) in [6.07, 6.45) is 1.75. The van der Waals surface area contributed by atoms with E-state index in [9.17, 15) is 0 Å².